The van der Waals surface area contributed by atoms with Crippen LogP contribution in [0.25, 0.3) is 0 Å². The summed E-state index contributed by atoms with van der Waals surface area (Å²) in [6, 6.07) is 4.85. The number of rotatable bonds is 3. The van der Waals surface area contributed by atoms with E-state index in [0.29, 0.717) is 12.2 Å². The predicted molar refractivity (Wildman–Crippen MR) is 91.9 cm³/mol. The molecule has 2 heterocycles. The van der Waals surface area contributed by atoms with Crippen LogP contribution in [0, 0.1) is 5.41 Å². The lowest BCUT2D eigenvalue weighted by Crippen LogP contribution is -2.36. The zero-order valence-electron chi connectivity index (χ0n) is 14.4. The minimum Gasteiger partial charge on any atom is -0.481 e. The lowest BCUT2D eigenvalue weighted by Gasteiger charge is -2.29. The minimum absolute atomic E-state index is 0.0435. The van der Waals surface area contributed by atoms with Crippen molar-refractivity contribution in [3.8, 4) is 0 Å². The molecule has 0 bridgehead atoms. The Labute approximate surface area is 147 Å². The van der Waals surface area contributed by atoms with Crippen molar-refractivity contribution in [1.29, 1.82) is 0 Å². The number of fused-ring (bicyclic) bond motifs is 1. The number of carboxylic acids is 1. The molecule has 3 rings (SSSR count). The topological polar surface area (TPSA) is 95.0 Å². The van der Waals surface area contributed by atoms with E-state index in [-0.39, 0.29) is 30.3 Å². The maximum absolute atomic E-state index is 12.9. The third-order valence-corrected chi connectivity index (χ3v) is 6.99. The highest BCUT2D eigenvalue weighted by Crippen LogP contribution is 2.36. The van der Waals surface area contributed by atoms with E-state index in [1.54, 1.807) is 30.0 Å². The first-order valence-electron chi connectivity index (χ1n) is 8.30. The first-order chi connectivity index (χ1) is 11.6. The van der Waals surface area contributed by atoms with Crippen molar-refractivity contribution in [2.45, 2.75) is 38.0 Å². The van der Waals surface area contributed by atoms with Crippen LogP contribution in [0.2, 0.25) is 0 Å². The van der Waals surface area contributed by atoms with Crippen LogP contribution >= 0.6 is 0 Å². The quantitative estimate of drug-likeness (QED) is 0.874. The molecule has 1 N–H and O–H groups in total. The molecule has 0 saturated carbocycles. The van der Waals surface area contributed by atoms with Gasteiger partial charge in [0, 0.05) is 32.2 Å². The standard InChI is InChI=1S/C17H22N2O5S/c1-12(20)19-8-3-4-13-5-6-14(10-15(13)19)25(23,24)18-9-7-17(2,11-18)16(21)22/h5-6,10H,3-4,7-9,11H2,1-2H3,(H,21,22). The summed E-state index contributed by atoms with van der Waals surface area (Å²) in [5.41, 5.74) is 0.532. The Bertz CT molecular complexity index is 835. The highest BCUT2D eigenvalue weighted by molar-refractivity contribution is 7.89. The molecule has 136 valence electrons. The number of benzene rings is 1. The van der Waals surface area contributed by atoms with Gasteiger partial charge in [-0.25, -0.2) is 8.42 Å². The van der Waals surface area contributed by atoms with Gasteiger partial charge in [-0.3, -0.25) is 9.59 Å². The molecule has 0 aliphatic carbocycles. The number of aryl methyl sites for hydroxylation is 1. The number of carboxylic acid groups (broad SMARTS) is 1. The number of hydrogen-bond acceptors (Lipinski definition) is 4. The Kier molecular flexibility index (Phi) is 4.36. The van der Waals surface area contributed by atoms with E-state index in [1.165, 1.54) is 11.2 Å². The van der Waals surface area contributed by atoms with E-state index in [4.69, 9.17) is 0 Å². The molecule has 1 aromatic rings. The Morgan fingerprint density at radius 1 is 1.24 bits per heavy atom. The number of hydrogen-bond donors (Lipinski definition) is 1. The van der Waals surface area contributed by atoms with Crippen LogP contribution in [0.5, 0.6) is 0 Å². The second-order valence-corrected chi connectivity index (χ2v) is 8.96. The van der Waals surface area contributed by atoms with Gasteiger partial charge < -0.3 is 10.0 Å². The normalized spacial score (nSPS) is 24.2. The summed E-state index contributed by atoms with van der Waals surface area (Å²) in [5, 5.41) is 9.31. The van der Waals surface area contributed by atoms with Gasteiger partial charge in [0.2, 0.25) is 15.9 Å². The van der Waals surface area contributed by atoms with Crippen molar-refractivity contribution in [2.75, 3.05) is 24.5 Å². The van der Waals surface area contributed by atoms with Gasteiger partial charge in [0.15, 0.2) is 0 Å². The van der Waals surface area contributed by atoms with Gasteiger partial charge in [-0.15, -0.1) is 0 Å². The van der Waals surface area contributed by atoms with E-state index in [9.17, 15) is 23.1 Å². The number of nitrogens with zero attached hydrogens (tertiary/aromatic N) is 2. The number of carbonyl (C=O) groups excluding carboxylic acids is 1. The number of sulfonamides is 1. The third-order valence-electron chi connectivity index (χ3n) is 5.15. The van der Waals surface area contributed by atoms with Gasteiger partial charge in [-0.1, -0.05) is 6.07 Å². The fourth-order valence-electron chi connectivity index (χ4n) is 3.49. The largest absolute Gasteiger partial charge is 0.481 e. The maximum Gasteiger partial charge on any atom is 0.310 e. The van der Waals surface area contributed by atoms with Crippen molar-refractivity contribution in [2.24, 2.45) is 5.41 Å². The van der Waals surface area contributed by atoms with Gasteiger partial charge in [-0.05, 0) is 43.9 Å². The molecule has 1 atom stereocenters. The average molecular weight is 366 g/mol. The van der Waals surface area contributed by atoms with Crippen LogP contribution < -0.4 is 4.90 Å². The molecule has 0 radical (unpaired) electrons. The van der Waals surface area contributed by atoms with Crippen molar-refractivity contribution < 1.29 is 23.1 Å². The lowest BCUT2D eigenvalue weighted by atomic mass is 9.90. The Morgan fingerprint density at radius 2 is 1.96 bits per heavy atom. The molecule has 0 spiro atoms. The number of anilines is 1. The van der Waals surface area contributed by atoms with Gasteiger partial charge in [0.25, 0.3) is 0 Å². The van der Waals surface area contributed by atoms with E-state index in [2.05, 4.69) is 0 Å². The molecule has 8 heteroatoms. The molecule has 1 aromatic carbocycles. The lowest BCUT2D eigenvalue weighted by molar-refractivity contribution is -0.146. The van der Waals surface area contributed by atoms with Gasteiger partial charge >= 0.3 is 5.97 Å². The van der Waals surface area contributed by atoms with E-state index < -0.39 is 21.4 Å². The zero-order chi connectivity index (χ0) is 18.4. The van der Waals surface area contributed by atoms with Crippen molar-refractivity contribution in [3.63, 3.8) is 0 Å². The van der Waals surface area contributed by atoms with Crippen LogP contribution in [0.1, 0.15) is 32.3 Å². The highest BCUT2D eigenvalue weighted by Gasteiger charge is 2.45. The highest BCUT2D eigenvalue weighted by atomic mass is 32.2. The summed E-state index contributed by atoms with van der Waals surface area (Å²) in [6.07, 6.45) is 1.94. The number of amides is 1. The van der Waals surface area contributed by atoms with Crippen LogP contribution in [-0.4, -0.2) is 49.3 Å². The van der Waals surface area contributed by atoms with Crippen molar-refractivity contribution >= 4 is 27.6 Å². The third kappa shape index (κ3) is 3.04. The Hall–Kier alpha value is -1.93. The fourth-order valence-corrected chi connectivity index (χ4v) is 5.07. The molecule has 1 amide bonds. The average Bonchev–Trinajstić information content (AvgIpc) is 2.98. The second-order valence-electron chi connectivity index (χ2n) is 7.02. The molecule has 1 unspecified atom stereocenters. The summed E-state index contributed by atoms with van der Waals surface area (Å²) in [7, 11) is -3.79. The Morgan fingerprint density at radius 3 is 2.56 bits per heavy atom. The maximum atomic E-state index is 12.9. The van der Waals surface area contributed by atoms with E-state index >= 15 is 0 Å². The van der Waals surface area contributed by atoms with E-state index in [1.807, 2.05) is 0 Å². The summed E-state index contributed by atoms with van der Waals surface area (Å²) >= 11 is 0. The summed E-state index contributed by atoms with van der Waals surface area (Å²) in [5.74, 6) is -1.10. The van der Waals surface area contributed by atoms with Gasteiger partial charge in [-0.2, -0.15) is 4.31 Å². The Balaban J connectivity index is 1.95. The molecule has 7 nitrogen and oxygen atoms in total. The van der Waals surface area contributed by atoms with Crippen LogP contribution in [0.15, 0.2) is 23.1 Å². The number of aliphatic carboxylic acids is 1. The van der Waals surface area contributed by atoms with E-state index in [0.717, 1.165) is 18.4 Å². The second kappa shape index (κ2) is 6.10. The molecule has 2 aliphatic heterocycles. The van der Waals surface area contributed by atoms with Gasteiger partial charge in [0.05, 0.1) is 10.3 Å². The van der Waals surface area contributed by atoms with Gasteiger partial charge in [0.1, 0.15) is 0 Å². The molecule has 2 aliphatic rings. The van der Waals surface area contributed by atoms with Crippen molar-refractivity contribution in [1.82, 2.24) is 4.31 Å². The van der Waals surface area contributed by atoms with Crippen LogP contribution in [-0.2, 0) is 26.0 Å². The number of carbonyl (C=O) groups is 2. The molecule has 1 fully saturated rings. The first kappa shape index (κ1) is 17.9. The molecule has 1 saturated heterocycles. The monoisotopic (exact) mass is 366 g/mol. The molecule has 0 aromatic heterocycles. The smallest absolute Gasteiger partial charge is 0.310 e. The summed E-state index contributed by atoms with van der Waals surface area (Å²) < 4.78 is 27.1. The zero-order valence-corrected chi connectivity index (χ0v) is 15.2. The fraction of sp³-hybridized carbons (Fsp3) is 0.529. The molecular formula is C17H22N2O5S. The SMILES string of the molecule is CC(=O)N1CCCc2ccc(S(=O)(=O)N3CCC(C)(C(=O)O)C3)cc21. The summed E-state index contributed by atoms with van der Waals surface area (Å²) in [6.45, 7) is 3.74. The predicted octanol–water partition coefficient (Wildman–Crippen LogP) is 1.47. The molecule has 25 heavy (non-hydrogen) atoms. The molecular weight excluding hydrogens is 344 g/mol. The summed E-state index contributed by atoms with van der Waals surface area (Å²) in [4.78, 5) is 24.9. The van der Waals surface area contributed by atoms with Crippen LogP contribution in [0.4, 0.5) is 5.69 Å². The first-order valence-corrected chi connectivity index (χ1v) is 9.74. The van der Waals surface area contributed by atoms with Crippen LogP contribution in [0.3, 0.4) is 0 Å². The van der Waals surface area contributed by atoms with Crippen molar-refractivity contribution in [3.05, 3.63) is 23.8 Å². The minimum atomic E-state index is -3.79.